The Morgan fingerprint density at radius 1 is 1.37 bits per heavy atom. The number of aliphatic hydroxyl groups is 1. The maximum absolute atomic E-state index is 11.9. The molecular weight excluding hydrogens is 260 g/mol. The molecule has 1 amide bonds. The molecule has 3 atom stereocenters. The molecular formula is C14H30N2O2S. The van der Waals surface area contributed by atoms with Crippen LogP contribution in [0.15, 0.2) is 0 Å². The minimum Gasteiger partial charge on any atom is -0.395 e. The van der Waals surface area contributed by atoms with Gasteiger partial charge in [0.25, 0.3) is 0 Å². The van der Waals surface area contributed by atoms with Crippen LogP contribution < -0.4 is 11.1 Å². The monoisotopic (exact) mass is 290 g/mol. The molecule has 0 aliphatic rings. The van der Waals surface area contributed by atoms with Gasteiger partial charge in [0.1, 0.15) is 0 Å². The van der Waals surface area contributed by atoms with E-state index in [-0.39, 0.29) is 23.8 Å². The van der Waals surface area contributed by atoms with E-state index in [1.165, 1.54) is 0 Å². The summed E-state index contributed by atoms with van der Waals surface area (Å²) >= 11 is 1.58. The first-order valence-electron chi connectivity index (χ1n) is 7.22. The average molecular weight is 290 g/mol. The number of nitrogens with one attached hydrogen (secondary N) is 1. The third-order valence-corrected chi connectivity index (χ3v) is 4.64. The van der Waals surface area contributed by atoms with Crippen LogP contribution in [0.4, 0.5) is 0 Å². The number of carbonyl (C=O) groups is 1. The van der Waals surface area contributed by atoms with E-state index in [0.29, 0.717) is 18.9 Å². The lowest BCUT2D eigenvalue weighted by atomic mass is 9.94. The second kappa shape index (κ2) is 11.6. The van der Waals surface area contributed by atoms with Gasteiger partial charge in [-0.3, -0.25) is 4.79 Å². The van der Waals surface area contributed by atoms with Crippen LogP contribution in [0.1, 0.15) is 46.0 Å². The molecule has 0 aromatic heterocycles. The summed E-state index contributed by atoms with van der Waals surface area (Å²) in [6.07, 6.45) is 6.70. The Morgan fingerprint density at radius 2 is 2.05 bits per heavy atom. The Hall–Kier alpha value is -0.260. The molecule has 114 valence electrons. The first-order chi connectivity index (χ1) is 9.08. The van der Waals surface area contributed by atoms with E-state index in [9.17, 15) is 9.90 Å². The van der Waals surface area contributed by atoms with Crippen LogP contribution >= 0.6 is 11.8 Å². The quantitative estimate of drug-likeness (QED) is 0.542. The standard InChI is InChI=1S/C14H30N2O2S/c1-4-5-12(8-9-15)6-7-14(18)16-11(2)13(10-17)19-3/h11-13,17H,4-10,15H2,1-3H3,(H,16,18). The fourth-order valence-electron chi connectivity index (χ4n) is 2.27. The number of amides is 1. The average Bonchev–Trinajstić information content (AvgIpc) is 2.38. The molecule has 3 unspecified atom stereocenters. The van der Waals surface area contributed by atoms with Crippen molar-refractivity contribution in [2.24, 2.45) is 11.7 Å². The summed E-state index contributed by atoms with van der Waals surface area (Å²) in [7, 11) is 0. The summed E-state index contributed by atoms with van der Waals surface area (Å²) in [5.74, 6) is 0.642. The number of thioether (sulfide) groups is 1. The molecule has 0 aliphatic heterocycles. The number of aliphatic hydroxyl groups excluding tert-OH is 1. The summed E-state index contributed by atoms with van der Waals surface area (Å²) in [6.45, 7) is 4.89. The van der Waals surface area contributed by atoms with Crippen LogP contribution in [0.25, 0.3) is 0 Å². The molecule has 0 saturated heterocycles. The molecule has 0 spiro atoms. The summed E-state index contributed by atoms with van der Waals surface area (Å²) in [4.78, 5) is 11.9. The van der Waals surface area contributed by atoms with Crippen LogP contribution in [0.3, 0.4) is 0 Å². The SMILES string of the molecule is CCCC(CCN)CCC(=O)NC(C)C(CO)SC. The first-order valence-corrected chi connectivity index (χ1v) is 8.50. The highest BCUT2D eigenvalue weighted by atomic mass is 32.2. The maximum atomic E-state index is 11.9. The number of hydrogen-bond acceptors (Lipinski definition) is 4. The fourth-order valence-corrected chi connectivity index (χ4v) is 2.89. The predicted molar refractivity (Wildman–Crippen MR) is 83.3 cm³/mol. The van der Waals surface area contributed by atoms with Crippen LogP contribution in [-0.2, 0) is 4.79 Å². The Morgan fingerprint density at radius 3 is 2.53 bits per heavy atom. The molecule has 5 heteroatoms. The Bertz CT molecular complexity index is 229. The van der Waals surface area contributed by atoms with E-state index in [1.807, 2.05) is 13.2 Å². The van der Waals surface area contributed by atoms with Gasteiger partial charge in [0.15, 0.2) is 0 Å². The topological polar surface area (TPSA) is 75.4 Å². The molecule has 0 saturated carbocycles. The molecule has 0 aliphatic carbocycles. The smallest absolute Gasteiger partial charge is 0.220 e. The number of nitrogens with two attached hydrogens (primary N) is 1. The molecule has 0 heterocycles. The molecule has 4 nitrogen and oxygen atoms in total. The van der Waals surface area contributed by atoms with Crippen molar-refractivity contribution in [1.82, 2.24) is 5.32 Å². The first kappa shape index (κ1) is 18.7. The molecule has 0 radical (unpaired) electrons. The lowest BCUT2D eigenvalue weighted by molar-refractivity contribution is -0.122. The summed E-state index contributed by atoms with van der Waals surface area (Å²) in [6, 6.07) is 0.00614. The summed E-state index contributed by atoms with van der Waals surface area (Å²) in [5, 5.41) is 12.2. The van der Waals surface area contributed by atoms with Crippen molar-refractivity contribution in [3.05, 3.63) is 0 Å². The summed E-state index contributed by atoms with van der Waals surface area (Å²) in [5.41, 5.74) is 5.59. The fraction of sp³-hybridized carbons (Fsp3) is 0.929. The van der Waals surface area contributed by atoms with E-state index in [1.54, 1.807) is 11.8 Å². The molecule has 0 aromatic rings. The predicted octanol–water partition coefficient (Wildman–Crippen LogP) is 1.76. The number of hydrogen-bond donors (Lipinski definition) is 3. The van der Waals surface area contributed by atoms with Crippen LogP contribution in [0.2, 0.25) is 0 Å². The molecule has 0 rings (SSSR count). The minimum absolute atomic E-state index is 0.00614. The van der Waals surface area contributed by atoms with Gasteiger partial charge in [-0.1, -0.05) is 19.8 Å². The number of rotatable bonds is 11. The van der Waals surface area contributed by atoms with Crippen molar-refractivity contribution in [1.29, 1.82) is 0 Å². The van der Waals surface area contributed by atoms with E-state index in [0.717, 1.165) is 25.7 Å². The van der Waals surface area contributed by atoms with Crippen molar-refractivity contribution in [2.75, 3.05) is 19.4 Å². The zero-order valence-electron chi connectivity index (χ0n) is 12.5. The normalized spacial score (nSPS) is 15.8. The van der Waals surface area contributed by atoms with Crippen LogP contribution in [-0.4, -0.2) is 41.7 Å². The van der Waals surface area contributed by atoms with Crippen molar-refractivity contribution in [2.45, 2.75) is 57.2 Å². The third-order valence-electron chi connectivity index (χ3n) is 3.48. The van der Waals surface area contributed by atoms with Gasteiger partial charge in [-0.05, 0) is 38.5 Å². The highest BCUT2D eigenvalue weighted by molar-refractivity contribution is 7.99. The Kier molecular flexibility index (Phi) is 11.4. The van der Waals surface area contributed by atoms with Gasteiger partial charge < -0.3 is 16.2 Å². The van der Waals surface area contributed by atoms with Gasteiger partial charge >= 0.3 is 0 Å². The Labute approximate surface area is 121 Å². The third kappa shape index (κ3) is 8.50. The van der Waals surface area contributed by atoms with Crippen molar-refractivity contribution >= 4 is 17.7 Å². The van der Waals surface area contributed by atoms with E-state index < -0.39 is 0 Å². The van der Waals surface area contributed by atoms with E-state index in [4.69, 9.17) is 5.73 Å². The lowest BCUT2D eigenvalue weighted by Crippen LogP contribution is -2.41. The minimum atomic E-state index is 0.00614. The largest absolute Gasteiger partial charge is 0.395 e. The van der Waals surface area contributed by atoms with Gasteiger partial charge in [-0.15, -0.1) is 0 Å². The van der Waals surface area contributed by atoms with Gasteiger partial charge in [-0.25, -0.2) is 0 Å². The van der Waals surface area contributed by atoms with Gasteiger partial charge in [0.2, 0.25) is 5.91 Å². The van der Waals surface area contributed by atoms with E-state index in [2.05, 4.69) is 12.2 Å². The van der Waals surface area contributed by atoms with Gasteiger partial charge in [0, 0.05) is 17.7 Å². The van der Waals surface area contributed by atoms with E-state index >= 15 is 0 Å². The number of carbonyl (C=O) groups excluding carboxylic acids is 1. The Balaban J connectivity index is 4.01. The van der Waals surface area contributed by atoms with Crippen LogP contribution in [0, 0.1) is 5.92 Å². The highest BCUT2D eigenvalue weighted by Gasteiger charge is 2.18. The highest BCUT2D eigenvalue weighted by Crippen LogP contribution is 2.17. The molecule has 4 N–H and O–H groups in total. The molecule has 0 fully saturated rings. The van der Waals surface area contributed by atoms with Gasteiger partial charge in [-0.2, -0.15) is 11.8 Å². The maximum Gasteiger partial charge on any atom is 0.220 e. The lowest BCUT2D eigenvalue weighted by Gasteiger charge is -2.22. The van der Waals surface area contributed by atoms with Gasteiger partial charge in [0.05, 0.1) is 6.61 Å². The zero-order chi connectivity index (χ0) is 14.7. The molecule has 19 heavy (non-hydrogen) atoms. The summed E-state index contributed by atoms with van der Waals surface area (Å²) < 4.78 is 0. The zero-order valence-corrected chi connectivity index (χ0v) is 13.3. The second-order valence-corrected chi connectivity index (χ2v) is 6.16. The van der Waals surface area contributed by atoms with Crippen LogP contribution in [0.5, 0.6) is 0 Å². The molecule has 0 bridgehead atoms. The molecule has 0 aromatic carbocycles. The van der Waals surface area contributed by atoms with Crippen molar-refractivity contribution in [3.63, 3.8) is 0 Å². The van der Waals surface area contributed by atoms with Crippen molar-refractivity contribution in [3.8, 4) is 0 Å². The van der Waals surface area contributed by atoms with Crippen molar-refractivity contribution < 1.29 is 9.90 Å². The second-order valence-electron chi connectivity index (χ2n) is 5.08.